The lowest BCUT2D eigenvalue weighted by atomic mass is 10.2. The SMILES string of the molecule is COC(=O)c1cccc(OCC(=O)NCc2cccc(OC)c2)c1. The molecule has 24 heavy (non-hydrogen) atoms. The molecular formula is C18H19NO5. The smallest absolute Gasteiger partial charge is 0.337 e. The van der Waals surface area contributed by atoms with Gasteiger partial charge in [-0.05, 0) is 35.9 Å². The summed E-state index contributed by atoms with van der Waals surface area (Å²) < 4.78 is 15.2. The molecule has 0 spiro atoms. The first-order valence-electron chi connectivity index (χ1n) is 7.33. The summed E-state index contributed by atoms with van der Waals surface area (Å²) in [7, 11) is 2.90. The maximum Gasteiger partial charge on any atom is 0.337 e. The van der Waals surface area contributed by atoms with E-state index >= 15 is 0 Å². The lowest BCUT2D eigenvalue weighted by Crippen LogP contribution is -2.28. The highest BCUT2D eigenvalue weighted by molar-refractivity contribution is 5.89. The Labute approximate surface area is 140 Å². The van der Waals surface area contributed by atoms with Gasteiger partial charge in [0.2, 0.25) is 0 Å². The average molecular weight is 329 g/mol. The third-order valence-corrected chi connectivity index (χ3v) is 3.25. The van der Waals surface area contributed by atoms with Crippen LogP contribution in [0.25, 0.3) is 0 Å². The zero-order valence-electron chi connectivity index (χ0n) is 13.6. The van der Waals surface area contributed by atoms with Gasteiger partial charge in [-0.1, -0.05) is 18.2 Å². The molecule has 126 valence electrons. The molecule has 1 amide bonds. The summed E-state index contributed by atoms with van der Waals surface area (Å²) in [6.07, 6.45) is 0. The lowest BCUT2D eigenvalue weighted by Gasteiger charge is -2.09. The standard InChI is InChI=1S/C18H19NO5/c1-22-15-7-3-5-13(9-15)11-19-17(20)12-24-16-8-4-6-14(10-16)18(21)23-2/h3-10H,11-12H2,1-2H3,(H,19,20). The van der Waals surface area contributed by atoms with Gasteiger partial charge in [0.05, 0.1) is 19.8 Å². The van der Waals surface area contributed by atoms with Gasteiger partial charge >= 0.3 is 5.97 Å². The molecule has 0 saturated carbocycles. The highest BCUT2D eigenvalue weighted by atomic mass is 16.5. The quantitative estimate of drug-likeness (QED) is 0.788. The first-order valence-corrected chi connectivity index (χ1v) is 7.33. The molecule has 0 bridgehead atoms. The predicted octanol–water partition coefficient (Wildman–Crippen LogP) is 2.18. The summed E-state index contributed by atoms with van der Waals surface area (Å²) in [6, 6.07) is 13.9. The van der Waals surface area contributed by atoms with Crippen molar-refractivity contribution in [2.24, 2.45) is 0 Å². The van der Waals surface area contributed by atoms with Crippen molar-refractivity contribution in [3.63, 3.8) is 0 Å². The Kier molecular flexibility index (Phi) is 6.19. The molecule has 2 aromatic rings. The van der Waals surface area contributed by atoms with E-state index in [9.17, 15) is 9.59 Å². The number of methoxy groups -OCH3 is 2. The van der Waals surface area contributed by atoms with Crippen molar-refractivity contribution >= 4 is 11.9 Å². The number of ether oxygens (including phenoxy) is 3. The van der Waals surface area contributed by atoms with E-state index in [0.29, 0.717) is 17.9 Å². The summed E-state index contributed by atoms with van der Waals surface area (Å²) in [4.78, 5) is 23.3. The molecule has 0 aliphatic carbocycles. The van der Waals surface area contributed by atoms with Crippen LogP contribution in [-0.4, -0.2) is 32.7 Å². The Balaban J connectivity index is 1.83. The highest BCUT2D eigenvalue weighted by Gasteiger charge is 2.08. The van der Waals surface area contributed by atoms with Crippen molar-refractivity contribution in [3.8, 4) is 11.5 Å². The van der Waals surface area contributed by atoms with Crippen molar-refractivity contribution in [3.05, 3.63) is 59.7 Å². The molecule has 2 rings (SSSR count). The molecule has 0 aliphatic rings. The summed E-state index contributed by atoms with van der Waals surface area (Å²) in [5.41, 5.74) is 1.29. The number of hydrogen-bond donors (Lipinski definition) is 1. The fourth-order valence-corrected chi connectivity index (χ4v) is 2.01. The number of benzene rings is 2. The van der Waals surface area contributed by atoms with Crippen LogP contribution >= 0.6 is 0 Å². The van der Waals surface area contributed by atoms with Crippen LogP contribution in [0.2, 0.25) is 0 Å². The Morgan fingerprint density at radius 2 is 1.75 bits per heavy atom. The van der Waals surface area contributed by atoms with Gasteiger partial charge in [-0.25, -0.2) is 4.79 Å². The minimum absolute atomic E-state index is 0.144. The van der Waals surface area contributed by atoms with E-state index in [2.05, 4.69) is 10.1 Å². The van der Waals surface area contributed by atoms with Crippen molar-refractivity contribution < 1.29 is 23.8 Å². The number of hydrogen-bond acceptors (Lipinski definition) is 5. The predicted molar refractivity (Wildman–Crippen MR) is 88.1 cm³/mol. The van der Waals surface area contributed by atoms with Crippen LogP contribution in [0.4, 0.5) is 0 Å². The Morgan fingerprint density at radius 1 is 1.00 bits per heavy atom. The fourth-order valence-electron chi connectivity index (χ4n) is 2.01. The number of nitrogens with one attached hydrogen (secondary N) is 1. The molecule has 2 aromatic carbocycles. The fraction of sp³-hybridized carbons (Fsp3) is 0.222. The zero-order valence-corrected chi connectivity index (χ0v) is 13.6. The molecule has 0 radical (unpaired) electrons. The molecule has 6 nitrogen and oxygen atoms in total. The minimum Gasteiger partial charge on any atom is -0.497 e. The lowest BCUT2D eigenvalue weighted by molar-refractivity contribution is -0.123. The van der Waals surface area contributed by atoms with Crippen LogP contribution in [0.1, 0.15) is 15.9 Å². The molecule has 0 aliphatic heterocycles. The maximum atomic E-state index is 11.9. The van der Waals surface area contributed by atoms with Crippen LogP contribution in [0.15, 0.2) is 48.5 Å². The van der Waals surface area contributed by atoms with Crippen LogP contribution in [0.5, 0.6) is 11.5 Å². The number of esters is 1. The van der Waals surface area contributed by atoms with E-state index in [1.807, 2.05) is 24.3 Å². The molecule has 6 heteroatoms. The molecule has 0 aromatic heterocycles. The van der Waals surface area contributed by atoms with E-state index in [-0.39, 0.29) is 12.5 Å². The first kappa shape index (κ1) is 17.3. The van der Waals surface area contributed by atoms with Gasteiger partial charge in [-0.15, -0.1) is 0 Å². The Hall–Kier alpha value is -3.02. The minimum atomic E-state index is -0.456. The Bertz CT molecular complexity index is 714. The molecule has 0 unspecified atom stereocenters. The highest BCUT2D eigenvalue weighted by Crippen LogP contribution is 2.14. The third kappa shape index (κ3) is 5.01. The van der Waals surface area contributed by atoms with E-state index in [4.69, 9.17) is 9.47 Å². The maximum absolute atomic E-state index is 11.9. The van der Waals surface area contributed by atoms with Gasteiger partial charge in [0.15, 0.2) is 6.61 Å². The number of rotatable bonds is 7. The monoisotopic (exact) mass is 329 g/mol. The molecule has 1 N–H and O–H groups in total. The third-order valence-electron chi connectivity index (χ3n) is 3.25. The van der Waals surface area contributed by atoms with Crippen molar-refractivity contribution in [2.75, 3.05) is 20.8 Å². The van der Waals surface area contributed by atoms with Gasteiger partial charge in [0.25, 0.3) is 5.91 Å². The second-order valence-electron chi connectivity index (χ2n) is 4.94. The second-order valence-corrected chi connectivity index (χ2v) is 4.94. The van der Waals surface area contributed by atoms with E-state index < -0.39 is 5.97 Å². The number of carbonyl (C=O) groups is 2. The van der Waals surface area contributed by atoms with Gasteiger partial charge < -0.3 is 19.5 Å². The second kappa shape index (κ2) is 8.57. The van der Waals surface area contributed by atoms with Crippen LogP contribution < -0.4 is 14.8 Å². The Morgan fingerprint density at radius 3 is 2.50 bits per heavy atom. The number of carbonyl (C=O) groups excluding carboxylic acids is 2. The largest absolute Gasteiger partial charge is 0.497 e. The van der Waals surface area contributed by atoms with Gasteiger partial charge in [0, 0.05) is 6.54 Å². The van der Waals surface area contributed by atoms with Crippen LogP contribution in [0.3, 0.4) is 0 Å². The molecule has 0 atom stereocenters. The molecular weight excluding hydrogens is 310 g/mol. The molecule has 0 saturated heterocycles. The first-order chi connectivity index (χ1) is 11.6. The van der Waals surface area contributed by atoms with Crippen LogP contribution in [-0.2, 0) is 16.1 Å². The van der Waals surface area contributed by atoms with Crippen LogP contribution in [0, 0.1) is 0 Å². The molecule has 0 heterocycles. The summed E-state index contributed by atoms with van der Waals surface area (Å²) in [6.45, 7) is 0.232. The van der Waals surface area contributed by atoms with Crippen molar-refractivity contribution in [1.29, 1.82) is 0 Å². The number of amides is 1. The van der Waals surface area contributed by atoms with E-state index in [1.165, 1.54) is 13.2 Å². The zero-order chi connectivity index (χ0) is 17.4. The van der Waals surface area contributed by atoms with Gasteiger partial charge in [0.1, 0.15) is 11.5 Å². The van der Waals surface area contributed by atoms with E-state index in [0.717, 1.165) is 11.3 Å². The topological polar surface area (TPSA) is 73.9 Å². The van der Waals surface area contributed by atoms with Gasteiger partial charge in [-0.3, -0.25) is 4.79 Å². The van der Waals surface area contributed by atoms with E-state index in [1.54, 1.807) is 25.3 Å². The summed E-state index contributed by atoms with van der Waals surface area (Å²) >= 11 is 0. The van der Waals surface area contributed by atoms with Gasteiger partial charge in [-0.2, -0.15) is 0 Å². The molecule has 0 fully saturated rings. The normalized spacial score (nSPS) is 9.92. The average Bonchev–Trinajstić information content (AvgIpc) is 2.64. The van der Waals surface area contributed by atoms with Crippen molar-refractivity contribution in [2.45, 2.75) is 6.54 Å². The summed E-state index contributed by atoms with van der Waals surface area (Å²) in [5, 5.41) is 2.76. The van der Waals surface area contributed by atoms with Crippen molar-refractivity contribution in [1.82, 2.24) is 5.32 Å². The summed E-state index contributed by atoms with van der Waals surface area (Å²) in [5.74, 6) is 0.441.